The molecule has 0 spiro atoms. The van der Waals surface area contributed by atoms with Crippen molar-refractivity contribution in [1.29, 1.82) is 0 Å². The van der Waals surface area contributed by atoms with Gasteiger partial charge in [-0.1, -0.05) is 27.7 Å². The normalized spacial score (nSPS) is 15.6. The van der Waals surface area contributed by atoms with Gasteiger partial charge in [-0.05, 0) is 11.8 Å². The molecule has 1 unspecified atom stereocenters. The number of carboxylic acids is 2. The van der Waals surface area contributed by atoms with Crippen molar-refractivity contribution >= 4 is 11.9 Å². The van der Waals surface area contributed by atoms with Gasteiger partial charge in [-0.15, -0.1) is 0 Å². The Morgan fingerprint density at radius 1 is 0.786 bits per heavy atom. The van der Waals surface area contributed by atoms with Gasteiger partial charge in [0.1, 0.15) is 0 Å². The highest BCUT2D eigenvalue weighted by molar-refractivity contribution is 5.80. The van der Waals surface area contributed by atoms with Crippen LogP contribution in [0.3, 0.4) is 0 Å². The molecule has 2 atom stereocenters. The first-order chi connectivity index (χ1) is 6.29. The van der Waals surface area contributed by atoms with Gasteiger partial charge in [0.2, 0.25) is 0 Å². The van der Waals surface area contributed by atoms with Crippen LogP contribution in [0.15, 0.2) is 0 Å². The van der Waals surface area contributed by atoms with E-state index in [9.17, 15) is 9.59 Å². The maximum atomic E-state index is 10.9. The Morgan fingerprint density at radius 3 is 1.07 bits per heavy atom. The molecule has 14 heavy (non-hydrogen) atoms. The number of rotatable bonds is 5. The van der Waals surface area contributed by atoms with Crippen LogP contribution in [0.4, 0.5) is 0 Å². The van der Waals surface area contributed by atoms with E-state index in [1.807, 2.05) is 0 Å². The summed E-state index contributed by atoms with van der Waals surface area (Å²) in [4.78, 5) is 21.9. The molecular weight excluding hydrogens is 184 g/mol. The lowest BCUT2D eigenvalue weighted by molar-refractivity contribution is -0.157. The molecule has 0 bridgehead atoms. The van der Waals surface area contributed by atoms with E-state index < -0.39 is 23.8 Å². The Kier molecular flexibility index (Phi) is 4.60. The van der Waals surface area contributed by atoms with Gasteiger partial charge in [-0.25, -0.2) is 0 Å². The summed E-state index contributed by atoms with van der Waals surface area (Å²) in [6, 6.07) is 0. The van der Waals surface area contributed by atoms with Crippen molar-refractivity contribution in [3.8, 4) is 0 Å². The molecule has 0 aromatic heterocycles. The van der Waals surface area contributed by atoms with Crippen molar-refractivity contribution in [2.75, 3.05) is 0 Å². The van der Waals surface area contributed by atoms with Gasteiger partial charge in [0.25, 0.3) is 0 Å². The summed E-state index contributed by atoms with van der Waals surface area (Å²) in [5, 5.41) is 17.9. The lowest BCUT2D eigenvalue weighted by Gasteiger charge is -2.26. The summed E-state index contributed by atoms with van der Waals surface area (Å²) in [6.45, 7) is 6.93. The van der Waals surface area contributed by atoms with Crippen molar-refractivity contribution in [3.05, 3.63) is 0 Å². The number of carboxylic acid groups (broad SMARTS) is 2. The molecule has 0 saturated carbocycles. The van der Waals surface area contributed by atoms with Crippen LogP contribution in [0.1, 0.15) is 27.7 Å². The molecule has 0 rings (SSSR count). The molecule has 0 aliphatic heterocycles. The van der Waals surface area contributed by atoms with Crippen LogP contribution in [0.25, 0.3) is 0 Å². The van der Waals surface area contributed by atoms with Crippen LogP contribution < -0.4 is 0 Å². The predicted octanol–water partition coefficient (Wildman–Crippen LogP) is 1.70. The molecule has 0 fully saturated rings. The standard InChI is InChI=1S/C10H18O4/c1-5(2)7(9(11)12)8(6(3)4)10(13)14/h5-8H,1-4H3,(H,11,12)(H,13,14)/t7-,8?/m1/s1. The van der Waals surface area contributed by atoms with E-state index in [0.29, 0.717) is 0 Å². The predicted molar refractivity (Wildman–Crippen MR) is 51.9 cm³/mol. The fraction of sp³-hybridized carbons (Fsp3) is 0.800. The molecule has 0 aromatic carbocycles. The summed E-state index contributed by atoms with van der Waals surface area (Å²) in [5.41, 5.74) is 0. The molecule has 4 heteroatoms. The smallest absolute Gasteiger partial charge is 0.307 e. The van der Waals surface area contributed by atoms with Crippen molar-refractivity contribution in [1.82, 2.24) is 0 Å². The minimum Gasteiger partial charge on any atom is -0.481 e. The van der Waals surface area contributed by atoms with Crippen LogP contribution >= 0.6 is 0 Å². The summed E-state index contributed by atoms with van der Waals surface area (Å²) >= 11 is 0. The highest BCUT2D eigenvalue weighted by Crippen LogP contribution is 2.27. The minimum atomic E-state index is -1.03. The summed E-state index contributed by atoms with van der Waals surface area (Å²) < 4.78 is 0. The first-order valence-electron chi connectivity index (χ1n) is 4.74. The zero-order chi connectivity index (χ0) is 11.5. The maximum absolute atomic E-state index is 10.9. The monoisotopic (exact) mass is 202 g/mol. The van der Waals surface area contributed by atoms with Crippen molar-refractivity contribution < 1.29 is 19.8 Å². The average molecular weight is 202 g/mol. The van der Waals surface area contributed by atoms with E-state index in [1.165, 1.54) is 0 Å². The molecule has 4 nitrogen and oxygen atoms in total. The molecule has 82 valence electrons. The average Bonchev–Trinajstić information content (AvgIpc) is 1.96. The van der Waals surface area contributed by atoms with Crippen molar-refractivity contribution in [3.63, 3.8) is 0 Å². The SMILES string of the molecule is CC(C)C(C(=O)O)[C@H](C(=O)O)C(C)C. The third kappa shape index (κ3) is 3.01. The minimum absolute atomic E-state index is 0.170. The Labute approximate surface area is 83.9 Å². The zero-order valence-electron chi connectivity index (χ0n) is 9.02. The largest absolute Gasteiger partial charge is 0.481 e. The van der Waals surface area contributed by atoms with Gasteiger partial charge in [-0.2, -0.15) is 0 Å². The second-order valence-electron chi connectivity index (χ2n) is 4.22. The first kappa shape index (κ1) is 12.9. The van der Waals surface area contributed by atoms with Crippen LogP contribution in [0, 0.1) is 23.7 Å². The molecule has 0 aliphatic rings. The lowest BCUT2D eigenvalue weighted by atomic mass is 9.77. The zero-order valence-corrected chi connectivity index (χ0v) is 9.02. The summed E-state index contributed by atoms with van der Waals surface area (Å²) in [5.74, 6) is -4.02. The molecule has 0 amide bonds. The second-order valence-corrected chi connectivity index (χ2v) is 4.22. The van der Waals surface area contributed by atoms with E-state index in [0.717, 1.165) is 0 Å². The molecular formula is C10H18O4. The van der Waals surface area contributed by atoms with Crippen LogP contribution in [-0.2, 0) is 9.59 Å². The fourth-order valence-electron chi connectivity index (χ4n) is 1.71. The summed E-state index contributed by atoms with van der Waals surface area (Å²) in [7, 11) is 0. The van der Waals surface area contributed by atoms with E-state index in [2.05, 4.69) is 0 Å². The third-order valence-electron chi connectivity index (χ3n) is 2.39. The Hall–Kier alpha value is -1.06. The number of hydrogen-bond acceptors (Lipinski definition) is 2. The van der Waals surface area contributed by atoms with E-state index in [4.69, 9.17) is 10.2 Å². The van der Waals surface area contributed by atoms with Gasteiger partial charge in [0, 0.05) is 0 Å². The number of aliphatic carboxylic acids is 2. The van der Waals surface area contributed by atoms with E-state index in [1.54, 1.807) is 27.7 Å². The Morgan fingerprint density at radius 2 is 1.00 bits per heavy atom. The van der Waals surface area contributed by atoms with Crippen LogP contribution in [0.5, 0.6) is 0 Å². The molecule has 2 N–H and O–H groups in total. The van der Waals surface area contributed by atoms with Gasteiger partial charge < -0.3 is 10.2 Å². The van der Waals surface area contributed by atoms with Crippen molar-refractivity contribution in [2.24, 2.45) is 23.7 Å². The molecule has 0 heterocycles. The van der Waals surface area contributed by atoms with E-state index >= 15 is 0 Å². The second kappa shape index (κ2) is 4.98. The van der Waals surface area contributed by atoms with Gasteiger partial charge in [0.05, 0.1) is 11.8 Å². The van der Waals surface area contributed by atoms with Crippen LogP contribution in [0.2, 0.25) is 0 Å². The molecule has 0 saturated heterocycles. The molecule has 0 aromatic rings. The van der Waals surface area contributed by atoms with Crippen LogP contribution in [-0.4, -0.2) is 22.2 Å². The number of hydrogen-bond donors (Lipinski definition) is 2. The molecule has 0 radical (unpaired) electrons. The highest BCUT2D eigenvalue weighted by Gasteiger charge is 2.37. The fourth-order valence-corrected chi connectivity index (χ4v) is 1.71. The number of carbonyl (C=O) groups is 2. The van der Waals surface area contributed by atoms with E-state index in [-0.39, 0.29) is 11.8 Å². The highest BCUT2D eigenvalue weighted by atomic mass is 16.4. The van der Waals surface area contributed by atoms with Gasteiger partial charge >= 0.3 is 11.9 Å². The van der Waals surface area contributed by atoms with Gasteiger partial charge in [-0.3, -0.25) is 9.59 Å². The lowest BCUT2D eigenvalue weighted by Crippen LogP contribution is -2.36. The van der Waals surface area contributed by atoms with Crippen molar-refractivity contribution in [2.45, 2.75) is 27.7 Å². The quantitative estimate of drug-likeness (QED) is 0.711. The topological polar surface area (TPSA) is 74.6 Å². The summed E-state index contributed by atoms with van der Waals surface area (Å²) in [6.07, 6.45) is 0. The first-order valence-corrected chi connectivity index (χ1v) is 4.74. The maximum Gasteiger partial charge on any atom is 0.307 e. The third-order valence-corrected chi connectivity index (χ3v) is 2.39. The Bertz CT molecular complexity index is 196. The molecule has 0 aliphatic carbocycles. The van der Waals surface area contributed by atoms with Gasteiger partial charge in [0.15, 0.2) is 0 Å². The Balaban J connectivity index is 4.93.